The minimum atomic E-state index is -4.41. The zero-order chi connectivity index (χ0) is 22.9. The van der Waals surface area contributed by atoms with Crippen LogP contribution in [-0.4, -0.2) is 37.1 Å². The van der Waals surface area contributed by atoms with E-state index in [1.165, 1.54) is 5.01 Å². The molecule has 0 amide bonds. The summed E-state index contributed by atoms with van der Waals surface area (Å²) in [4.78, 5) is 2.31. The molecule has 0 aliphatic carbocycles. The zero-order valence-corrected chi connectivity index (χ0v) is 18.9. The minimum Gasteiger partial charge on any atom is -0.490 e. The summed E-state index contributed by atoms with van der Waals surface area (Å²) in [6.45, 7) is 5.26. The highest BCUT2D eigenvalue weighted by molar-refractivity contribution is 6.30. The topological polar surface area (TPSA) is 28.1 Å². The predicted molar refractivity (Wildman–Crippen MR) is 123 cm³/mol. The molecule has 4 nitrogen and oxygen atoms in total. The smallest absolute Gasteiger partial charge is 0.431 e. The first-order valence-corrected chi connectivity index (χ1v) is 11.4. The summed E-state index contributed by atoms with van der Waals surface area (Å²) in [5.74, 6) is 0.0563. The van der Waals surface area contributed by atoms with Gasteiger partial charge >= 0.3 is 6.18 Å². The highest BCUT2D eigenvalue weighted by atomic mass is 35.5. The number of hydrogen-bond acceptors (Lipinski definition) is 4. The van der Waals surface area contributed by atoms with Crippen molar-refractivity contribution in [3.05, 3.63) is 53.6 Å². The summed E-state index contributed by atoms with van der Waals surface area (Å²) in [6.07, 6.45) is -1.94. The average molecular weight is 466 g/mol. The van der Waals surface area contributed by atoms with Crippen molar-refractivity contribution < 1.29 is 17.9 Å². The summed E-state index contributed by atoms with van der Waals surface area (Å²) in [5.41, 5.74) is 1.09. The Bertz CT molecular complexity index is 938. The van der Waals surface area contributed by atoms with Crippen LogP contribution in [0.5, 0.6) is 5.75 Å². The van der Waals surface area contributed by atoms with E-state index in [1.807, 2.05) is 43.3 Å². The van der Waals surface area contributed by atoms with E-state index in [9.17, 15) is 13.2 Å². The largest absolute Gasteiger partial charge is 0.490 e. The molecule has 1 fully saturated rings. The lowest BCUT2D eigenvalue weighted by molar-refractivity contribution is -0.0620. The van der Waals surface area contributed by atoms with E-state index in [0.717, 1.165) is 42.4 Å². The van der Waals surface area contributed by atoms with E-state index in [0.29, 0.717) is 12.1 Å². The molecule has 2 aromatic rings. The number of rotatable bonds is 5. The summed E-state index contributed by atoms with van der Waals surface area (Å²) in [5, 5.41) is 6.15. The first-order valence-electron chi connectivity index (χ1n) is 11.0. The van der Waals surface area contributed by atoms with Crippen LogP contribution in [0.25, 0.3) is 0 Å². The molecule has 1 saturated heterocycles. The van der Waals surface area contributed by atoms with Crippen LogP contribution in [0.15, 0.2) is 53.6 Å². The molecule has 1 unspecified atom stereocenters. The third kappa shape index (κ3) is 4.82. The molecule has 0 spiro atoms. The van der Waals surface area contributed by atoms with Gasteiger partial charge in [0.25, 0.3) is 0 Å². The molecular formula is C24H27ClF3N3O. The van der Waals surface area contributed by atoms with Crippen LogP contribution in [-0.2, 0) is 0 Å². The summed E-state index contributed by atoms with van der Waals surface area (Å²) in [7, 11) is 0. The van der Waals surface area contributed by atoms with Gasteiger partial charge in [-0.05, 0) is 55.0 Å². The average Bonchev–Trinajstić information content (AvgIpc) is 3.12. The molecule has 0 N–H and O–H groups in total. The van der Waals surface area contributed by atoms with Crippen LogP contribution in [0.1, 0.15) is 33.1 Å². The maximum Gasteiger partial charge on any atom is 0.431 e. The number of alkyl halides is 3. The first-order chi connectivity index (χ1) is 15.3. The van der Waals surface area contributed by atoms with Crippen LogP contribution in [0.3, 0.4) is 0 Å². The maximum atomic E-state index is 13.3. The molecule has 2 heterocycles. The van der Waals surface area contributed by atoms with E-state index >= 15 is 0 Å². The van der Waals surface area contributed by atoms with Gasteiger partial charge in [-0.25, -0.2) is 0 Å². The standard InChI is InChI=1S/C24H27ClF3N3O/c1-3-22-16(2)23(24(26,27)28)29-31(22)19-8-10-20(11-9-19)32-21-12-14-30(15-13-21)18-6-4-17(25)5-7-18/h4-11,16,21-22H,3,12-15H2,1-2H3/t16?,22-/m0/s1. The number of hydrazone groups is 1. The summed E-state index contributed by atoms with van der Waals surface area (Å²) < 4.78 is 46.0. The molecule has 0 aromatic heterocycles. The van der Waals surface area contributed by atoms with Gasteiger partial charge in [0.15, 0.2) is 0 Å². The second kappa shape index (κ2) is 9.22. The van der Waals surface area contributed by atoms with Crippen molar-refractivity contribution in [1.82, 2.24) is 0 Å². The van der Waals surface area contributed by atoms with Crippen LogP contribution >= 0.6 is 11.6 Å². The molecule has 0 bridgehead atoms. The van der Waals surface area contributed by atoms with Gasteiger partial charge in [-0.3, -0.25) is 5.01 Å². The molecule has 2 aromatic carbocycles. The number of anilines is 2. The van der Waals surface area contributed by atoms with Crippen molar-refractivity contribution in [2.45, 2.75) is 51.4 Å². The summed E-state index contributed by atoms with van der Waals surface area (Å²) in [6, 6.07) is 14.7. The van der Waals surface area contributed by atoms with E-state index in [1.54, 1.807) is 19.1 Å². The van der Waals surface area contributed by atoms with Crippen molar-refractivity contribution in [3.63, 3.8) is 0 Å². The van der Waals surface area contributed by atoms with Gasteiger partial charge in [0.05, 0.1) is 11.7 Å². The third-order valence-electron chi connectivity index (χ3n) is 6.28. The number of halogens is 4. The van der Waals surface area contributed by atoms with Gasteiger partial charge in [0, 0.05) is 42.6 Å². The fraction of sp³-hybridized carbons (Fsp3) is 0.458. The number of benzene rings is 2. The minimum absolute atomic E-state index is 0.106. The molecule has 2 atom stereocenters. The van der Waals surface area contributed by atoms with Crippen molar-refractivity contribution in [1.29, 1.82) is 0 Å². The Morgan fingerprint density at radius 2 is 1.59 bits per heavy atom. The highest BCUT2D eigenvalue weighted by Crippen LogP contribution is 2.36. The Morgan fingerprint density at radius 3 is 2.16 bits per heavy atom. The van der Waals surface area contributed by atoms with Crippen LogP contribution in [0.2, 0.25) is 5.02 Å². The normalized spacial score (nSPS) is 22.2. The third-order valence-corrected chi connectivity index (χ3v) is 6.54. The van der Waals surface area contributed by atoms with Gasteiger partial charge < -0.3 is 9.64 Å². The van der Waals surface area contributed by atoms with E-state index in [4.69, 9.17) is 16.3 Å². The lowest BCUT2D eigenvalue weighted by atomic mass is 9.95. The van der Waals surface area contributed by atoms with Crippen LogP contribution in [0.4, 0.5) is 24.5 Å². The van der Waals surface area contributed by atoms with Crippen LogP contribution < -0.4 is 14.6 Å². The lowest BCUT2D eigenvalue weighted by Crippen LogP contribution is -2.38. The van der Waals surface area contributed by atoms with Crippen molar-refractivity contribution in [2.75, 3.05) is 23.0 Å². The molecule has 172 valence electrons. The monoisotopic (exact) mass is 465 g/mol. The Labute approximate surface area is 191 Å². The van der Waals surface area contributed by atoms with Gasteiger partial charge in [-0.15, -0.1) is 0 Å². The number of piperidine rings is 1. The second-order valence-electron chi connectivity index (χ2n) is 8.37. The van der Waals surface area contributed by atoms with Crippen molar-refractivity contribution >= 4 is 28.7 Å². The van der Waals surface area contributed by atoms with Gasteiger partial charge in [0.2, 0.25) is 0 Å². The zero-order valence-electron chi connectivity index (χ0n) is 18.1. The quantitative estimate of drug-likeness (QED) is 0.501. The molecule has 32 heavy (non-hydrogen) atoms. The predicted octanol–water partition coefficient (Wildman–Crippen LogP) is 6.54. The molecule has 8 heteroatoms. The molecule has 0 saturated carbocycles. The molecule has 2 aliphatic heterocycles. The Kier molecular flexibility index (Phi) is 6.56. The fourth-order valence-corrected chi connectivity index (χ4v) is 4.65. The molecule has 4 rings (SSSR count). The number of ether oxygens (including phenoxy) is 1. The summed E-state index contributed by atoms with van der Waals surface area (Å²) >= 11 is 5.97. The Balaban J connectivity index is 1.37. The Morgan fingerprint density at radius 1 is 1.00 bits per heavy atom. The van der Waals surface area contributed by atoms with Crippen molar-refractivity contribution in [2.24, 2.45) is 11.0 Å². The Hall–Kier alpha value is -2.41. The first kappa shape index (κ1) is 22.8. The van der Waals surface area contributed by atoms with E-state index in [-0.39, 0.29) is 12.1 Å². The lowest BCUT2D eigenvalue weighted by Gasteiger charge is -2.33. The SMILES string of the molecule is CC[C@H]1C(C)C(C(F)(F)F)=NN1c1ccc(OC2CCN(c3ccc(Cl)cc3)CC2)cc1. The van der Waals surface area contributed by atoms with E-state index in [2.05, 4.69) is 10.0 Å². The molecule has 2 aliphatic rings. The van der Waals surface area contributed by atoms with Gasteiger partial charge in [0.1, 0.15) is 17.6 Å². The van der Waals surface area contributed by atoms with Crippen LogP contribution in [0, 0.1) is 5.92 Å². The fourth-order valence-electron chi connectivity index (χ4n) is 4.52. The molecular weight excluding hydrogens is 439 g/mol. The highest BCUT2D eigenvalue weighted by Gasteiger charge is 2.47. The number of hydrogen-bond donors (Lipinski definition) is 0. The second-order valence-corrected chi connectivity index (χ2v) is 8.80. The molecule has 0 radical (unpaired) electrons. The van der Waals surface area contributed by atoms with E-state index < -0.39 is 17.8 Å². The van der Waals surface area contributed by atoms with Gasteiger partial charge in [-0.1, -0.05) is 25.4 Å². The van der Waals surface area contributed by atoms with Crippen molar-refractivity contribution in [3.8, 4) is 5.75 Å². The van der Waals surface area contributed by atoms with Gasteiger partial charge in [-0.2, -0.15) is 18.3 Å². The number of nitrogens with zero attached hydrogens (tertiary/aromatic N) is 3. The maximum absolute atomic E-state index is 13.3.